The lowest BCUT2D eigenvalue weighted by Gasteiger charge is -2.40. The van der Waals surface area contributed by atoms with Crippen LogP contribution in [0.25, 0.3) is 0 Å². The number of pyridine rings is 1. The maximum Gasteiger partial charge on any atom is 0.171 e. The minimum atomic E-state index is 0.569. The summed E-state index contributed by atoms with van der Waals surface area (Å²) in [6.45, 7) is 2.25. The molecule has 1 aromatic heterocycles. The van der Waals surface area contributed by atoms with Crippen molar-refractivity contribution in [2.24, 2.45) is 0 Å². The molecule has 1 aromatic rings. The number of nitrogens with zero attached hydrogens (tertiary/aromatic N) is 2. The molecule has 2 saturated heterocycles. The van der Waals surface area contributed by atoms with E-state index < -0.39 is 0 Å². The number of hydrogen-bond donors (Lipinski definition) is 1. The highest BCUT2D eigenvalue weighted by Gasteiger charge is 2.33. The van der Waals surface area contributed by atoms with Gasteiger partial charge in [0.2, 0.25) is 0 Å². The van der Waals surface area contributed by atoms with Crippen LogP contribution in [-0.2, 0) is 0 Å². The second-order valence-electron chi connectivity index (χ2n) is 5.49. The highest BCUT2D eigenvalue weighted by molar-refractivity contribution is 5.53. The molecule has 0 aromatic carbocycles. The first kappa shape index (κ1) is 12.7. The summed E-state index contributed by atoms with van der Waals surface area (Å²) in [5.74, 6) is 1.91. The van der Waals surface area contributed by atoms with Crippen molar-refractivity contribution in [1.29, 1.82) is 0 Å². The number of rotatable bonds is 3. The molecule has 104 valence electrons. The standard InChI is InChI=1S/C15H23N3O/c1-19-14-8-5-10-17-15(14)18-11-3-2-7-13(18)12-6-4-9-16-12/h5,8,10,12-13,16H,2-4,6-7,9,11H2,1H3. The first-order valence-corrected chi connectivity index (χ1v) is 7.39. The monoisotopic (exact) mass is 261 g/mol. The van der Waals surface area contributed by atoms with E-state index >= 15 is 0 Å². The highest BCUT2D eigenvalue weighted by atomic mass is 16.5. The van der Waals surface area contributed by atoms with Crippen LogP contribution in [0.15, 0.2) is 18.3 Å². The summed E-state index contributed by atoms with van der Waals surface area (Å²) < 4.78 is 5.48. The molecule has 0 radical (unpaired) electrons. The third-order valence-electron chi connectivity index (χ3n) is 4.35. The van der Waals surface area contributed by atoms with Crippen molar-refractivity contribution in [2.45, 2.75) is 44.2 Å². The van der Waals surface area contributed by atoms with Gasteiger partial charge in [0.25, 0.3) is 0 Å². The molecule has 2 aliphatic rings. The topological polar surface area (TPSA) is 37.4 Å². The summed E-state index contributed by atoms with van der Waals surface area (Å²) in [6.07, 6.45) is 8.30. The van der Waals surface area contributed by atoms with E-state index in [2.05, 4.69) is 15.2 Å². The molecular formula is C15H23N3O. The first-order chi connectivity index (χ1) is 9.40. The summed E-state index contributed by atoms with van der Waals surface area (Å²) in [6, 6.07) is 5.14. The number of methoxy groups -OCH3 is 1. The van der Waals surface area contributed by atoms with Crippen molar-refractivity contribution >= 4 is 5.82 Å². The number of aromatic nitrogens is 1. The van der Waals surface area contributed by atoms with Crippen LogP contribution >= 0.6 is 0 Å². The second-order valence-corrected chi connectivity index (χ2v) is 5.49. The SMILES string of the molecule is COc1cccnc1N1CCCCC1C1CCCN1. The molecular weight excluding hydrogens is 238 g/mol. The minimum absolute atomic E-state index is 0.569. The van der Waals surface area contributed by atoms with Crippen LogP contribution < -0.4 is 15.0 Å². The number of nitrogens with one attached hydrogen (secondary N) is 1. The first-order valence-electron chi connectivity index (χ1n) is 7.39. The van der Waals surface area contributed by atoms with Crippen molar-refractivity contribution < 1.29 is 4.74 Å². The molecule has 2 unspecified atom stereocenters. The summed E-state index contributed by atoms with van der Waals surface area (Å²) in [5.41, 5.74) is 0. The van der Waals surface area contributed by atoms with Crippen LogP contribution in [0.1, 0.15) is 32.1 Å². The molecule has 2 fully saturated rings. The molecule has 2 atom stereocenters. The molecule has 4 heteroatoms. The van der Waals surface area contributed by atoms with Gasteiger partial charge in [-0.25, -0.2) is 4.98 Å². The van der Waals surface area contributed by atoms with Crippen molar-refractivity contribution in [3.8, 4) is 5.75 Å². The van der Waals surface area contributed by atoms with Crippen LogP contribution in [0.2, 0.25) is 0 Å². The van der Waals surface area contributed by atoms with Crippen LogP contribution in [-0.4, -0.2) is 37.3 Å². The van der Waals surface area contributed by atoms with Gasteiger partial charge in [0.05, 0.1) is 7.11 Å². The average Bonchev–Trinajstić information content (AvgIpc) is 3.01. The molecule has 0 amide bonds. The molecule has 0 saturated carbocycles. The molecule has 0 spiro atoms. The van der Waals surface area contributed by atoms with Gasteiger partial charge < -0.3 is 15.0 Å². The van der Waals surface area contributed by atoms with E-state index in [0.717, 1.165) is 24.7 Å². The van der Waals surface area contributed by atoms with E-state index in [0.29, 0.717) is 12.1 Å². The van der Waals surface area contributed by atoms with Gasteiger partial charge >= 0.3 is 0 Å². The third kappa shape index (κ3) is 2.54. The Labute approximate surface area is 115 Å². The molecule has 3 rings (SSSR count). The van der Waals surface area contributed by atoms with Crippen molar-refractivity contribution in [2.75, 3.05) is 25.1 Å². The summed E-state index contributed by atoms with van der Waals surface area (Å²) in [5, 5.41) is 3.65. The lowest BCUT2D eigenvalue weighted by Crippen LogP contribution is -2.50. The molecule has 4 nitrogen and oxygen atoms in total. The van der Waals surface area contributed by atoms with Gasteiger partial charge in [-0.15, -0.1) is 0 Å². The third-order valence-corrected chi connectivity index (χ3v) is 4.35. The summed E-state index contributed by atoms with van der Waals surface area (Å²) in [4.78, 5) is 7.03. The van der Waals surface area contributed by atoms with E-state index in [9.17, 15) is 0 Å². The Morgan fingerprint density at radius 2 is 2.26 bits per heavy atom. The normalized spacial score (nSPS) is 27.5. The van der Waals surface area contributed by atoms with Crippen LogP contribution in [0.4, 0.5) is 5.82 Å². The maximum absolute atomic E-state index is 5.48. The van der Waals surface area contributed by atoms with Crippen LogP contribution in [0.3, 0.4) is 0 Å². The lowest BCUT2D eigenvalue weighted by molar-refractivity contribution is 0.365. The Morgan fingerprint density at radius 1 is 1.32 bits per heavy atom. The molecule has 1 N–H and O–H groups in total. The van der Waals surface area contributed by atoms with Gasteiger partial charge in [-0.2, -0.15) is 0 Å². The molecule has 2 aliphatic heterocycles. The van der Waals surface area contributed by atoms with Crippen molar-refractivity contribution in [3.63, 3.8) is 0 Å². The second kappa shape index (κ2) is 5.78. The number of hydrogen-bond acceptors (Lipinski definition) is 4. The lowest BCUT2D eigenvalue weighted by atomic mass is 9.94. The highest BCUT2D eigenvalue weighted by Crippen LogP contribution is 2.33. The Bertz CT molecular complexity index is 418. The van der Waals surface area contributed by atoms with E-state index in [-0.39, 0.29) is 0 Å². The number of ether oxygens (including phenoxy) is 1. The Kier molecular flexibility index (Phi) is 3.87. The number of piperidine rings is 1. The molecule has 0 bridgehead atoms. The average molecular weight is 261 g/mol. The fourth-order valence-corrected chi connectivity index (χ4v) is 3.44. The molecule has 19 heavy (non-hydrogen) atoms. The largest absolute Gasteiger partial charge is 0.493 e. The van der Waals surface area contributed by atoms with Crippen LogP contribution in [0, 0.1) is 0 Å². The van der Waals surface area contributed by atoms with Crippen molar-refractivity contribution in [1.82, 2.24) is 10.3 Å². The van der Waals surface area contributed by atoms with E-state index in [1.165, 1.54) is 32.1 Å². The van der Waals surface area contributed by atoms with Gasteiger partial charge in [-0.3, -0.25) is 0 Å². The van der Waals surface area contributed by atoms with E-state index in [1.807, 2.05) is 18.3 Å². The minimum Gasteiger partial charge on any atom is -0.493 e. The van der Waals surface area contributed by atoms with Crippen LogP contribution in [0.5, 0.6) is 5.75 Å². The van der Waals surface area contributed by atoms with Gasteiger partial charge in [-0.05, 0) is 50.8 Å². The smallest absolute Gasteiger partial charge is 0.171 e. The van der Waals surface area contributed by atoms with Gasteiger partial charge in [-0.1, -0.05) is 0 Å². The van der Waals surface area contributed by atoms with Crippen molar-refractivity contribution in [3.05, 3.63) is 18.3 Å². The van der Waals surface area contributed by atoms with Gasteiger partial charge in [0.15, 0.2) is 11.6 Å². The van der Waals surface area contributed by atoms with Gasteiger partial charge in [0, 0.05) is 24.8 Å². The van der Waals surface area contributed by atoms with Gasteiger partial charge in [0.1, 0.15) is 0 Å². The van der Waals surface area contributed by atoms with E-state index in [4.69, 9.17) is 4.74 Å². The molecule has 0 aliphatic carbocycles. The maximum atomic E-state index is 5.48. The van der Waals surface area contributed by atoms with E-state index in [1.54, 1.807) is 7.11 Å². The zero-order chi connectivity index (χ0) is 13.1. The zero-order valence-corrected chi connectivity index (χ0v) is 11.6. The zero-order valence-electron chi connectivity index (χ0n) is 11.6. The summed E-state index contributed by atoms with van der Waals surface area (Å²) in [7, 11) is 1.73. The fraction of sp³-hybridized carbons (Fsp3) is 0.667. The predicted molar refractivity (Wildman–Crippen MR) is 76.8 cm³/mol. The predicted octanol–water partition coefficient (Wildman–Crippen LogP) is 2.20. The Balaban J connectivity index is 1.86. The Morgan fingerprint density at radius 3 is 3.05 bits per heavy atom. The Hall–Kier alpha value is -1.29. The fourth-order valence-electron chi connectivity index (χ4n) is 3.44. The summed E-state index contributed by atoms with van der Waals surface area (Å²) >= 11 is 0. The number of anilines is 1. The molecule has 3 heterocycles. The quantitative estimate of drug-likeness (QED) is 0.905.